The summed E-state index contributed by atoms with van der Waals surface area (Å²) in [5, 5.41) is 0. The molecule has 0 amide bonds. The molecule has 0 aliphatic carbocycles. The normalized spacial score (nSPS) is 24.6. The van der Waals surface area contributed by atoms with Crippen molar-refractivity contribution in [1.29, 1.82) is 0 Å². The fourth-order valence-corrected chi connectivity index (χ4v) is 3.40. The van der Waals surface area contributed by atoms with E-state index in [-0.39, 0.29) is 0 Å². The molecular weight excluding hydrogens is 306 g/mol. The molecule has 102 valence electrons. The predicted octanol–water partition coefficient (Wildman–Crippen LogP) is 2.38. The third-order valence-corrected chi connectivity index (χ3v) is 4.61. The van der Waals surface area contributed by atoms with E-state index in [0.717, 1.165) is 42.8 Å². The highest BCUT2D eigenvalue weighted by Gasteiger charge is 2.35. The number of ether oxygens (including phenoxy) is 1. The first kappa shape index (κ1) is 12.9. The van der Waals surface area contributed by atoms with Crippen molar-refractivity contribution in [1.82, 2.24) is 0 Å². The summed E-state index contributed by atoms with van der Waals surface area (Å²) in [6.07, 6.45) is 2.18. The summed E-state index contributed by atoms with van der Waals surface area (Å²) in [6.45, 7) is 2.49. The highest BCUT2D eigenvalue weighted by atomic mass is 79.9. The minimum absolute atomic E-state index is 0.364. The van der Waals surface area contributed by atoms with Crippen LogP contribution in [0.4, 0.5) is 5.69 Å². The Morgan fingerprint density at radius 1 is 1.26 bits per heavy atom. The molecule has 1 unspecified atom stereocenters. The van der Waals surface area contributed by atoms with Crippen LogP contribution in [0.5, 0.6) is 0 Å². The van der Waals surface area contributed by atoms with Crippen LogP contribution in [0.2, 0.25) is 0 Å². The maximum absolute atomic E-state index is 6.10. The minimum atomic E-state index is 0.364. The molecule has 2 heterocycles. The first-order chi connectivity index (χ1) is 9.27. The first-order valence-electron chi connectivity index (χ1n) is 6.69. The van der Waals surface area contributed by atoms with Gasteiger partial charge >= 0.3 is 0 Å². The van der Waals surface area contributed by atoms with Crippen LogP contribution >= 0.6 is 15.9 Å². The van der Waals surface area contributed by atoms with Crippen molar-refractivity contribution in [2.45, 2.75) is 18.9 Å². The molecule has 19 heavy (non-hydrogen) atoms. The Morgan fingerprint density at radius 3 is 2.74 bits per heavy atom. The van der Waals surface area contributed by atoms with Gasteiger partial charge in [0.1, 0.15) is 0 Å². The fraction of sp³-hybridized carbons (Fsp3) is 0.500. The summed E-state index contributed by atoms with van der Waals surface area (Å²) < 4.78 is 6.52. The number of para-hydroxylation sites is 1. The van der Waals surface area contributed by atoms with Crippen LogP contribution < -0.4 is 10.6 Å². The number of nitrogens with zero attached hydrogens (tertiary/aromatic N) is 2. The van der Waals surface area contributed by atoms with E-state index in [1.807, 2.05) is 18.2 Å². The van der Waals surface area contributed by atoms with Crippen LogP contribution in [0.25, 0.3) is 0 Å². The Bertz CT molecular complexity index is 485. The summed E-state index contributed by atoms with van der Waals surface area (Å²) in [5.74, 6) is 1.23. The number of hydrogen-bond donors (Lipinski definition) is 1. The largest absolute Gasteiger partial charge is 0.381 e. The molecule has 4 nitrogen and oxygen atoms in total. The molecule has 0 spiro atoms. The molecule has 5 heteroatoms. The molecule has 2 aliphatic rings. The smallest absolute Gasteiger partial charge is 0.196 e. The highest BCUT2D eigenvalue weighted by Crippen LogP contribution is 2.34. The second-order valence-electron chi connectivity index (χ2n) is 5.04. The lowest BCUT2D eigenvalue weighted by Crippen LogP contribution is -2.46. The first-order valence-corrected chi connectivity index (χ1v) is 7.48. The fourth-order valence-electron chi connectivity index (χ4n) is 2.92. The minimum Gasteiger partial charge on any atom is -0.381 e. The van der Waals surface area contributed by atoms with Crippen LogP contribution in [-0.2, 0) is 4.74 Å². The summed E-state index contributed by atoms with van der Waals surface area (Å²) in [5.41, 5.74) is 7.21. The van der Waals surface area contributed by atoms with E-state index in [1.165, 1.54) is 0 Å². The topological polar surface area (TPSA) is 50.9 Å². The van der Waals surface area contributed by atoms with E-state index in [0.29, 0.717) is 17.9 Å². The monoisotopic (exact) mass is 323 g/mol. The quantitative estimate of drug-likeness (QED) is 0.909. The number of rotatable bonds is 2. The van der Waals surface area contributed by atoms with Crippen LogP contribution in [0, 0.1) is 5.92 Å². The molecule has 2 aliphatic heterocycles. The predicted molar refractivity (Wildman–Crippen MR) is 80.4 cm³/mol. The lowest BCUT2D eigenvalue weighted by Gasteiger charge is -2.35. The number of nitrogens with two attached hydrogens (primary N) is 1. The summed E-state index contributed by atoms with van der Waals surface area (Å²) in [4.78, 5) is 6.63. The number of guanidine groups is 1. The zero-order valence-electron chi connectivity index (χ0n) is 10.8. The molecular formula is C14H18BrN3O. The van der Waals surface area contributed by atoms with Crippen molar-refractivity contribution >= 4 is 27.6 Å². The Kier molecular flexibility index (Phi) is 3.75. The number of hydrogen-bond acceptors (Lipinski definition) is 4. The zero-order chi connectivity index (χ0) is 13.2. The molecule has 1 aromatic rings. The van der Waals surface area contributed by atoms with Gasteiger partial charge in [-0.25, -0.2) is 0 Å². The lowest BCUT2D eigenvalue weighted by atomic mass is 9.91. The SMILES string of the molecule is NC1=NCC(C2CCOCC2)N1c1ccccc1Br. The Morgan fingerprint density at radius 2 is 2.00 bits per heavy atom. The Balaban J connectivity index is 1.88. The standard InChI is InChI=1S/C14H18BrN3O/c15-11-3-1-2-4-12(11)18-13(9-17-14(18)16)10-5-7-19-8-6-10/h1-4,10,13H,5-9H2,(H2,16,17). The zero-order valence-corrected chi connectivity index (χ0v) is 12.3. The van der Waals surface area contributed by atoms with Crippen molar-refractivity contribution in [3.05, 3.63) is 28.7 Å². The van der Waals surface area contributed by atoms with Gasteiger partial charge in [0.05, 0.1) is 18.3 Å². The van der Waals surface area contributed by atoms with Crippen molar-refractivity contribution in [3.8, 4) is 0 Å². The molecule has 0 aromatic heterocycles. The van der Waals surface area contributed by atoms with Crippen LogP contribution in [0.15, 0.2) is 33.7 Å². The molecule has 0 radical (unpaired) electrons. The van der Waals surface area contributed by atoms with E-state index in [1.54, 1.807) is 0 Å². The van der Waals surface area contributed by atoms with Crippen molar-refractivity contribution < 1.29 is 4.74 Å². The van der Waals surface area contributed by atoms with Gasteiger partial charge in [0.25, 0.3) is 0 Å². The van der Waals surface area contributed by atoms with Gasteiger partial charge in [0.2, 0.25) is 0 Å². The third-order valence-electron chi connectivity index (χ3n) is 3.94. The van der Waals surface area contributed by atoms with Crippen molar-refractivity contribution in [2.24, 2.45) is 16.6 Å². The molecule has 0 bridgehead atoms. The van der Waals surface area contributed by atoms with Gasteiger partial charge in [-0.15, -0.1) is 0 Å². The lowest BCUT2D eigenvalue weighted by molar-refractivity contribution is 0.0603. The number of anilines is 1. The van der Waals surface area contributed by atoms with Gasteiger partial charge in [-0.1, -0.05) is 12.1 Å². The number of aliphatic imine (C=N–C) groups is 1. The molecule has 3 rings (SSSR count). The van der Waals surface area contributed by atoms with E-state index < -0.39 is 0 Å². The second kappa shape index (κ2) is 5.51. The van der Waals surface area contributed by atoms with E-state index in [9.17, 15) is 0 Å². The average molecular weight is 324 g/mol. The Hall–Kier alpha value is -1.07. The maximum Gasteiger partial charge on any atom is 0.196 e. The number of halogens is 1. The Labute approximate surface area is 121 Å². The maximum atomic E-state index is 6.10. The molecule has 1 fully saturated rings. The molecule has 1 atom stereocenters. The summed E-state index contributed by atoms with van der Waals surface area (Å²) >= 11 is 3.61. The highest BCUT2D eigenvalue weighted by molar-refractivity contribution is 9.10. The third kappa shape index (κ3) is 2.49. The van der Waals surface area contributed by atoms with Crippen molar-refractivity contribution in [2.75, 3.05) is 24.7 Å². The van der Waals surface area contributed by atoms with E-state index >= 15 is 0 Å². The number of benzene rings is 1. The molecule has 1 aromatic carbocycles. The molecule has 1 saturated heterocycles. The van der Waals surface area contributed by atoms with Gasteiger partial charge in [-0.05, 0) is 46.8 Å². The van der Waals surface area contributed by atoms with Gasteiger partial charge in [-0.2, -0.15) is 0 Å². The van der Waals surface area contributed by atoms with E-state index in [2.05, 4.69) is 31.9 Å². The van der Waals surface area contributed by atoms with Gasteiger partial charge in [0.15, 0.2) is 5.96 Å². The summed E-state index contributed by atoms with van der Waals surface area (Å²) in [7, 11) is 0. The van der Waals surface area contributed by atoms with E-state index in [4.69, 9.17) is 10.5 Å². The van der Waals surface area contributed by atoms with Crippen molar-refractivity contribution in [3.63, 3.8) is 0 Å². The van der Waals surface area contributed by atoms with Crippen LogP contribution in [-0.4, -0.2) is 31.8 Å². The molecule has 2 N–H and O–H groups in total. The van der Waals surface area contributed by atoms with Crippen LogP contribution in [0.1, 0.15) is 12.8 Å². The average Bonchev–Trinajstić information content (AvgIpc) is 2.82. The van der Waals surface area contributed by atoms with Gasteiger partial charge in [0, 0.05) is 17.7 Å². The van der Waals surface area contributed by atoms with Gasteiger partial charge < -0.3 is 15.4 Å². The van der Waals surface area contributed by atoms with Crippen LogP contribution in [0.3, 0.4) is 0 Å². The van der Waals surface area contributed by atoms with Gasteiger partial charge in [-0.3, -0.25) is 4.99 Å². The molecule has 0 saturated carbocycles. The second-order valence-corrected chi connectivity index (χ2v) is 5.89. The summed E-state index contributed by atoms with van der Waals surface area (Å²) in [6, 6.07) is 8.54.